The highest BCUT2D eigenvalue weighted by molar-refractivity contribution is 5.16. The Balaban J connectivity index is 2.58. The second-order valence-corrected chi connectivity index (χ2v) is 7.20. The van der Waals surface area contributed by atoms with Crippen LogP contribution in [0.1, 0.15) is 54.4 Å². The van der Waals surface area contributed by atoms with E-state index in [1.807, 2.05) is 0 Å². The molecule has 3 N–H and O–H groups in total. The minimum atomic E-state index is -0.0573. The Hall–Kier alpha value is -0.120. The van der Waals surface area contributed by atoms with Gasteiger partial charge in [-0.25, -0.2) is 0 Å². The summed E-state index contributed by atoms with van der Waals surface area (Å²) in [7, 11) is 1.77. The van der Waals surface area contributed by atoms with Crippen molar-refractivity contribution in [3.63, 3.8) is 0 Å². The van der Waals surface area contributed by atoms with Crippen LogP contribution in [0.4, 0.5) is 0 Å². The van der Waals surface area contributed by atoms with Gasteiger partial charge in [0, 0.05) is 13.2 Å². The number of nitrogens with one attached hydrogen (secondary N) is 1. The topological polar surface area (TPSA) is 47.3 Å². The third kappa shape index (κ3) is 2.67. The van der Waals surface area contributed by atoms with Crippen LogP contribution < -0.4 is 11.3 Å². The van der Waals surface area contributed by atoms with E-state index in [0.717, 1.165) is 12.8 Å². The highest BCUT2D eigenvalue weighted by atomic mass is 16.5. The molecule has 1 aliphatic rings. The Morgan fingerprint density at radius 1 is 1.24 bits per heavy atom. The number of ether oxygens (including phenoxy) is 1. The van der Waals surface area contributed by atoms with Gasteiger partial charge in [0.1, 0.15) is 0 Å². The fraction of sp³-hybridized carbons (Fsp3) is 1.00. The molecule has 1 rings (SSSR count). The molecule has 0 aromatic rings. The first-order chi connectivity index (χ1) is 7.60. The third-order valence-electron chi connectivity index (χ3n) is 5.36. The van der Waals surface area contributed by atoms with Crippen LogP contribution in [0.25, 0.3) is 0 Å². The second-order valence-electron chi connectivity index (χ2n) is 7.20. The highest BCUT2D eigenvalue weighted by Crippen LogP contribution is 2.70. The lowest BCUT2D eigenvalue weighted by Crippen LogP contribution is -2.40. The molecule has 3 nitrogen and oxygen atoms in total. The summed E-state index contributed by atoms with van der Waals surface area (Å²) in [5.74, 6) is 6.38. The zero-order valence-corrected chi connectivity index (χ0v) is 12.6. The van der Waals surface area contributed by atoms with E-state index in [1.54, 1.807) is 7.11 Å². The molecule has 17 heavy (non-hydrogen) atoms. The predicted octanol–water partition coefficient (Wildman–Crippen LogP) is 2.71. The SMILES string of the molecule is COC(C)(C)CCC(NN)C1C(C)(C)C1(C)C. The van der Waals surface area contributed by atoms with E-state index in [4.69, 9.17) is 10.6 Å². The first-order valence-electron chi connectivity index (χ1n) is 6.61. The average Bonchev–Trinajstić information content (AvgIpc) is 2.61. The Morgan fingerprint density at radius 2 is 1.71 bits per heavy atom. The van der Waals surface area contributed by atoms with Gasteiger partial charge in [0.25, 0.3) is 0 Å². The van der Waals surface area contributed by atoms with Crippen molar-refractivity contribution >= 4 is 0 Å². The Kier molecular flexibility index (Phi) is 3.98. The van der Waals surface area contributed by atoms with E-state index in [2.05, 4.69) is 47.0 Å². The minimum Gasteiger partial charge on any atom is -0.379 e. The van der Waals surface area contributed by atoms with Crippen LogP contribution in [0.3, 0.4) is 0 Å². The molecule has 0 aromatic carbocycles. The number of methoxy groups -OCH3 is 1. The van der Waals surface area contributed by atoms with Gasteiger partial charge in [0.05, 0.1) is 5.60 Å². The highest BCUT2D eigenvalue weighted by Gasteiger charge is 2.66. The van der Waals surface area contributed by atoms with Crippen LogP contribution in [0.5, 0.6) is 0 Å². The zero-order chi connectivity index (χ0) is 13.5. The molecule has 0 saturated heterocycles. The molecule has 1 aliphatic carbocycles. The van der Waals surface area contributed by atoms with Crippen molar-refractivity contribution in [2.45, 2.75) is 66.0 Å². The Bertz CT molecular complexity index is 257. The van der Waals surface area contributed by atoms with E-state index in [1.165, 1.54) is 0 Å². The molecular weight excluding hydrogens is 212 g/mol. The summed E-state index contributed by atoms with van der Waals surface area (Å²) in [4.78, 5) is 0. The second kappa shape index (κ2) is 4.52. The maximum atomic E-state index is 5.74. The lowest BCUT2D eigenvalue weighted by molar-refractivity contribution is 0.0107. The van der Waals surface area contributed by atoms with Crippen molar-refractivity contribution in [1.29, 1.82) is 0 Å². The van der Waals surface area contributed by atoms with Crippen LogP contribution in [0.2, 0.25) is 0 Å². The quantitative estimate of drug-likeness (QED) is 0.556. The molecule has 1 unspecified atom stereocenters. The Labute approximate surface area is 106 Å². The molecule has 1 saturated carbocycles. The van der Waals surface area contributed by atoms with Crippen molar-refractivity contribution < 1.29 is 4.74 Å². The normalized spacial score (nSPS) is 24.7. The van der Waals surface area contributed by atoms with Gasteiger partial charge in [-0.1, -0.05) is 27.7 Å². The smallest absolute Gasteiger partial charge is 0.0623 e. The lowest BCUT2D eigenvalue weighted by Gasteiger charge is -2.26. The van der Waals surface area contributed by atoms with Crippen LogP contribution >= 0.6 is 0 Å². The summed E-state index contributed by atoms with van der Waals surface area (Å²) in [5, 5.41) is 0. The molecule has 0 aliphatic heterocycles. The average molecular weight is 242 g/mol. The molecule has 0 aromatic heterocycles. The molecule has 1 atom stereocenters. The van der Waals surface area contributed by atoms with Crippen molar-refractivity contribution in [3.05, 3.63) is 0 Å². The molecule has 0 amide bonds. The summed E-state index contributed by atoms with van der Waals surface area (Å²) in [5.41, 5.74) is 3.71. The van der Waals surface area contributed by atoms with E-state index in [-0.39, 0.29) is 5.60 Å². The number of nitrogens with two attached hydrogens (primary N) is 1. The van der Waals surface area contributed by atoms with Gasteiger partial charge in [-0.15, -0.1) is 0 Å². The van der Waals surface area contributed by atoms with Crippen LogP contribution in [-0.2, 0) is 4.74 Å². The van der Waals surface area contributed by atoms with Crippen LogP contribution in [0, 0.1) is 16.7 Å². The van der Waals surface area contributed by atoms with E-state index in [9.17, 15) is 0 Å². The van der Waals surface area contributed by atoms with E-state index in [0.29, 0.717) is 22.8 Å². The van der Waals surface area contributed by atoms with Gasteiger partial charge in [0.15, 0.2) is 0 Å². The van der Waals surface area contributed by atoms with Gasteiger partial charge in [-0.05, 0) is 43.4 Å². The monoisotopic (exact) mass is 242 g/mol. The predicted molar refractivity (Wildman–Crippen MR) is 72.5 cm³/mol. The van der Waals surface area contributed by atoms with Crippen molar-refractivity contribution in [1.82, 2.24) is 5.43 Å². The van der Waals surface area contributed by atoms with Gasteiger partial charge >= 0.3 is 0 Å². The van der Waals surface area contributed by atoms with Gasteiger partial charge in [0.2, 0.25) is 0 Å². The molecule has 3 heteroatoms. The number of rotatable bonds is 6. The summed E-state index contributed by atoms with van der Waals surface area (Å²) in [6.07, 6.45) is 2.09. The fourth-order valence-electron chi connectivity index (χ4n) is 3.20. The molecular formula is C14H30N2O. The third-order valence-corrected chi connectivity index (χ3v) is 5.36. The Morgan fingerprint density at radius 3 is 2.00 bits per heavy atom. The summed E-state index contributed by atoms with van der Waals surface area (Å²) in [6.45, 7) is 13.6. The molecule has 102 valence electrons. The molecule has 0 spiro atoms. The summed E-state index contributed by atoms with van der Waals surface area (Å²) >= 11 is 0. The van der Waals surface area contributed by atoms with E-state index < -0.39 is 0 Å². The zero-order valence-electron chi connectivity index (χ0n) is 12.6. The van der Waals surface area contributed by atoms with Crippen molar-refractivity contribution in [2.75, 3.05) is 7.11 Å². The number of hydrogen-bond acceptors (Lipinski definition) is 3. The lowest BCUT2D eigenvalue weighted by atomic mass is 9.94. The maximum absolute atomic E-state index is 5.74. The first-order valence-corrected chi connectivity index (χ1v) is 6.61. The number of hydrogen-bond donors (Lipinski definition) is 2. The minimum absolute atomic E-state index is 0.0573. The first kappa shape index (κ1) is 14.9. The van der Waals surface area contributed by atoms with Crippen LogP contribution in [-0.4, -0.2) is 18.8 Å². The fourth-order valence-corrected chi connectivity index (χ4v) is 3.20. The molecule has 1 fully saturated rings. The van der Waals surface area contributed by atoms with Gasteiger partial charge < -0.3 is 4.74 Å². The van der Waals surface area contributed by atoms with Crippen molar-refractivity contribution in [3.8, 4) is 0 Å². The van der Waals surface area contributed by atoms with Gasteiger partial charge in [-0.3, -0.25) is 11.3 Å². The van der Waals surface area contributed by atoms with Gasteiger partial charge in [-0.2, -0.15) is 0 Å². The summed E-state index contributed by atoms with van der Waals surface area (Å²) < 4.78 is 5.47. The van der Waals surface area contributed by atoms with Crippen molar-refractivity contribution in [2.24, 2.45) is 22.6 Å². The molecule has 0 heterocycles. The maximum Gasteiger partial charge on any atom is 0.0623 e. The molecule has 0 radical (unpaired) electrons. The standard InChI is InChI=1S/C14H30N2O/c1-12(2,17-7)9-8-10(16-15)11-13(3,4)14(11,5)6/h10-11,16H,8-9,15H2,1-7H3. The largest absolute Gasteiger partial charge is 0.379 e. The molecule has 0 bridgehead atoms. The van der Waals surface area contributed by atoms with Crippen LogP contribution in [0.15, 0.2) is 0 Å². The van der Waals surface area contributed by atoms with E-state index >= 15 is 0 Å². The number of hydrazine groups is 1. The summed E-state index contributed by atoms with van der Waals surface area (Å²) in [6, 6.07) is 0.384.